The van der Waals surface area contributed by atoms with E-state index in [2.05, 4.69) is 24.1 Å². The Labute approximate surface area is 113 Å². The maximum absolute atomic E-state index is 13.9. The third-order valence-electron chi connectivity index (χ3n) is 3.18. The zero-order valence-corrected chi connectivity index (χ0v) is 11.5. The summed E-state index contributed by atoms with van der Waals surface area (Å²) >= 11 is 0. The molecule has 0 amide bonds. The van der Waals surface area contributed by atoms with Gasteiger partial charge in [0.1, 0.15) is 11.6 Å². The molecule has 0 fully saturated rings. The highest BCUT2D eigenvalue weighted by Crippen LogP contribution is 2.15. The average Bonchev–Trinajstić information content (AvgIpc) is 2.87. The van der Waals surface area contributed by atoms with Gasteiger partial charge in [-0.25, -0.2) is 9.37 Å². The second kappa shape index (κ2) is 6.48. The molecule has 0 saturated carbocycles. The average molecular weight is 261 g/mol. The number of imidazole rings is 1. The first kappa shape index (κ1) is 13.7. The summed E-state index contributed by atoms with van der Waals surface area (Å²) < 4.78 is 15.9. The molecule has 4 heteroatoms. The number of halogens is 1. The lowest BCUT2D eigenvalue weighted by Crippen LogP contribution is -2.12. The Hall–Kier alpha value is -1.68. The Kier molecular flexibility index (Phi) is 4.68. The summed E-state index contributed by atoms with van der Waals surface area (Å²) in [5.74, 6) is 0.743. The van der Waals surface area contributed by atoms with Crippen molar-refractivity contribution in [1.82, 2.24) is 14.9 Å². The van der Waals surface area contributed by atoms with Crippen molar-refractivity contribution >= 4 is 0 Å². The molecule has 0 aliphatic rings. The molecular weight excluding hydrogens is 241 g/mol. The summed E-state index contributed by atoms with van der Waals surface area (Å²) in [6.07, 6.45) is 4.22. The molecule has 0 unspecified atom stereocenters. The molecule has 1 heterocycles. The largest absolute Gasteiger partial charge is 0.335 e. The molecule has 0 bridgehead atoms. The van der Waals surface area contributed by atoms with Crippen LogP contribution in [-0.2, 0) is 19.5 Å². The van der Waals surface area contributed by atoms with Crippen LogP contribution >= 0.6 is 0 Å². The van der Waals surface area contributed by atoms with E-state index in [1.807, 2.05) is 22.9 Å². The number of benzene rings is 1. The first-order valence-corrected chi connectivity index (χ1v) is 6.72. The summed E-state index contributed by atoms with van der Waals surface area (Å²) in [5.41, 5.74) is 1.81. The van der Waals surface area contributed by atoms with Crippen LogP contribution in [0.5, 0.6) is 0 Å². The van der Waals surface area contributed by atoms with Gasteiger partial charge >= 0.3 is 0 Å². The van der Waals surface area contributed by atoms with Crippen molar-refractivity contribution in [3.63, 3.8) is 0 Å². The summed E-state index contributed by atoms with van der Waals surface area (Å²) in [4.78, 5) is 4.30. The van der Waals surface area contributed by atoms with Crippen molar-refractivity contribution in [1.29, 1.82) is 0 Å². The molecule has 3 nitrogen and oxygen atoms in total. The van der Waals surface area contributed by atoms with E-state index in [1.54, 1.807) is 12.3 Å². The zero-order chi connectivity index (χ0) is 13.7. The lowest BCUT2D eigenvalue weighted by molar-refractivity contribution is 0.605. The van der Waals surface area contributed by atoms with Gasteiger partial charge in [0.2, 0.25) is 0 Å². The lowest BCUT2D eigenvalue weighted by Gasteiger charge is -2.08. The first-order valence-electron chi connectivity index (χ1n) is 6.72. The van der Waals surface area contributed by atoms with Crippen LogP contribution in [0.25, 0.3) is 0 Å². The van der Waals surface area contributed by atoms with E-state index in [0.717, 1.165) is 31.0 Å². The third kappa shape index (κ3) is 3.41. The van der Waals surface area contributed by atoms with Crippen molar-refractivity contribution in [2.45, 2.75) is 33.4 Å². The van der Waals surface area contributed by atoms with Gasteiger partial charge in [-0.05, 0) is 30.7 Å². The van der Waals surface area contributed by atoms with Gasteiger partial charge in [-0.15, -0.1) is 0 Å². The number of hydrogen-bond acceptors (Lipinski definition) is 2. The molecule has 1 aromatic carbocycles. The van der Waals surface area contributed by atoms with Crippen LogP contribution in [0, 0.1) is 5.82 Å². The smallest absolute Gasteiger partial charge is 0.126 e. The van der Waals surface area contributed by atoms with Crippen molar-refractivity contribution in [3.05, 3.63) is 53.4 Å². The Bertz CT molecular complexity index is 534. The molecule has 1 N–H and O–H groups in total. The highest BCUT2D eigenvalue weighted by molar-refractivity contribution is 5.27. The minimum absolute atomic E-state index is 0.161. The van der Waals surface area contributed by atoms with Crippen LogP contribution in [0.1, 0.15) is 30.8 Å². The number of hydrogen-bond donors (Lipinski definition) is 1. The zero-order valence-electron chi connectivity index (χ0n) is 11.5. The Morgan fingerprint density at radius 3 is 2.89 bits per heavy atom. The highest BCUT2D eigenvalue weighted by Gasteiger charge is 2.08. The van der Waals surface area contributed by atoms with E-state index in [-0.39, 0.29) is 5.82 Å². The molecular formula is C15H20FN3. The molecule has 0 saturated heterocycles. The van der Waals surface area contributed by atoms with Crippen molar-refractivity contribution in [2.75, 3.05) is 6.54 Å². The van der Waals surface area contributed by atoms with E-state index < -0.39 is 0 Å². The minimum Gasteiger partial charge on any atom is -0.335 e. The predicted molar refractivity (Wildman–Crippen MR) is 74.5 cm³/mol. The van der Waals surface area contributed by atoms with Crippen LogP contribution in [0.15, 0.2) is 30.6 Å². The number of aromatic nitrogens is 2. The summed E-state index contributed by atoms with van der Waals surface area (Å²) in [5, 5.41) is 3.25. The van der Waals surface area contributed by atoms with Crippen LogP contribution in [0.2, 0.25) is 0 Å². The van der Waals surface area contributed by atoms with Gasteiger partial charge in [-0.1, -0.05) is 19.1 Å². The lowest BCUT2D eigenvalue weighted by atomic mass is 10.1. The van der Waals surface area contributed by atoms with E-state index >= 15 is 0 Å². The molecule has 0 radical (unpaired) electrons. The quantitative estimate of drug-likeness (QED) is 0.866. The molecule has 19 heavy (non-hydrogen) atoms. The second-order valence-electron chi connectivity index (χ2n) is 4.51. The van der Waals surface area contributed by atoms with Crippen molar-refractivity contribution in [3.8, 4) is 0 Å². The Balaban J connectivity index is 2.19. The monoisotopic (exact) mass is 261 g/mol. The summed E-state index contributed by atoms with van der Waals surface area (Å²) in [7, 11) is 0. The Morgan fingerprint density at radius 1 is 1.32 bits per heavy atom. The number of rotatable bonds is 6. The fourth-order valence-electron chi connectivity index (χ4n) is 2.11. The standard InChI is InChI=1S/C15H20FN3/c1-3-17-11-12-5-6-14(16)13(9-12)10-15-18-7-8-19(15)4-2/h5-9,17H,3-4,10-11H2,1-2H3. The van der Waals surface area contributed by atoms with Gasteiger partial charge in [-0.3, -0.25) is 0 Å². The molecule has 0 aliphatic heterocycles. The second-order valence-corrected chi connectivity index (χ2v) is 4.51. The van der Waals surface area contributed by atoms with Gasteiger partial charge in [0.05, 0.1) is 0 Å². The molecule has 2 aromatic rings. The van der Waals surface area contributed by atoms with Gasteiger partial charge in [0.25, 0.3) is 0 Å². The summed E-state index contributed by atoms with van der Waals surface area (Å²) in [6.45, 7) is 6.65. The van der Waals surface area contributed by atoms with Crippen LogP contribution in [-0.4, -0.2) is 16.1 Å². The van der Waals surface area contributed by atoms with E-state index in [1.165, 1.54) is 0 Å². The van der Waals surface area contributed by atoms with E-state index in [4.69, 9.17) is 0 Å². The normalized spacial score (nSPS) is 10.9. The SMILES string of the molecule is CCNCc1ccc(F)c(Cc2nccn2CC)c1. The first-order chi connectivity index (χ1) is 9.24. The van der Waals surface area contributed by atoms with Crippen molar-refractivity contribution in [2.24, 2.45) is 0 Å². The predicted octanol–water partition coefficient (Wildman–Crippen LogP) is 2.74. The Morgan fingerprint density at radius 2 is 2.16 bits per heavy atom. The number of nitrogens with zero attached hydrogens (tertiary/aromatic N) is 2. The van der Waals surface area contributed by atoms with Gasteiger partial charge in [-0.2, -0.15) is 0 Å². The molecule has 0 spiro atoms. The molecule has 1 aromatic heterocycles. The molecule has 0 aliphatic carbocycles. The fraction of sp³-hybridized carbons (Fsp3) is 0.400. The topological polar surface area (TPSA) is 29.9 Å². The van der Waals surface area contributed by atoms with Crippen LogP contribution < -0.4 is 5.32 Å². The van der Waals surface area contributed by atoms with Crippen molar-refractivity contribution < 1.29 is 4.39 Å². The third-order valence-corrected chi connectivity index (χ3v) is 3.18. The molecule has 2 rings (SSSR count). The fourth-order valence-corrected chi connectivity index (χ4v) is 2.11. The van der Waals surface area contributed by atoms with Crippen LogP contribution in [0.4, 0.5) is 4.39 Å². The maximum Gasteiger partial charge on any atom is 0.126 e. The summed E-state index contributed by atoms with van der Waals surface area (Å²) in [6, 6.07) is 5.29. The highest BCUT2D eigenvalue weighted by atomic mass is 19.1. The number of nitrogens with one attached hydrogen (secondary N) is 1. The van der Waals surface area contributed by atoms with Crippen LogP contribution in [0.3, 0.4) is 0 Å². The van der Waals surface area contributed by atoms with Gasteiger partial charge in [0, 0.05) is 31.9 Å². The van der Waals surface area contributed by atoms with Gasteiger partial charge in [0.15, 0.2) is 0 Å². The maximum atomic E-state index is 13.9. The minimum atomic E-state index is -0.161. The molecule has 102 valence electrons. The number of aryl methyl sites for hydroxylation is 1. The van der Waals surface area contributed by atoms with E-state index in [0.29, 0.717) is 12.0 Å². The van der Waals surface area contributed by atoms with Gasteiger partial charge < -0.3 is 9.88 Å². The molecule has 0 atom stereocenters. The van der Waals surface area contributed by atoms with E-state index in [9.17, 15) is 4.39 Å².